The summed E-state index contributed by atoms with van der Waals surface area (Å²) in [7, 11) is -4.83. The number of benzene rings is 1. The quantitative estimate of drug-likeness (QED) is 0.307. The number of ether oxygens (including phenoxy) is 1. The van der Waals surface area contributed by atoms with Gasteiger partial charge in [-0.3, -0.25) is 4.57 Å². The summed E-state index contributed by atoms with van der Waals surface area (Å²) in [6.07, 6.45) is 2.60. The molecule has 2 heterocycles. The molecule has 0 atom stereocenters. The second-order valence-corrected chi connectivity index (χ2v) is 15.2. The Morgan fingerprint density at radius 1 is 1.10 bits per heavy atom. The molecule has 156 valence electrons. The number of hydrogen-bond acceptors (Lipinski definition) is 6. The topological polar surface area (TPSA) is 92.4 Å². The first-order valence-electron chi connectivity index (χ1n) is 9.19. The summed E-state index contributed by atoms with van der Waals surface area (Å²) in [5.74, 6) is 0.177. The van der Waals surface area contributed by atoms with Crippen molar-refractivity contribution in [3.63, 3.8) is 0 Å². The van der Waals surface area contributed by atoms with Crippen LogP contribution in [-0.4, -0.2) is 43.5 Å². The van der Waals surface area contributed by atoms with Gasteiger partial charge < -0.3 is 8.92 Å². The lowest BCUT2D eigenvalue weighted by atomic mass is 10.3. The summed E-state index contributed by atoms with van der Waals surface area (Å²) >= 11 is 0. The first-order chi connectivity index (χ1) is 13.6. The normalized spacial score (nSPS) is 12.4. The van der Waals surface area contributed by atoms with Crippen LogP contribution in [0.15, 0.2) is 47.4 Å². The van der Waals surface area contributed by atoms with E-state index in [0.717, 1.165) is 12.3 Å². The van der Waals surface area contributed by atoms with Gasteiger partial charge in [-0.25, -0.2) is 14.3 Å². The number of imidazole rings is 1. The Labute approximate surface area is 170 Å². The molecule has 0 saturated carbocycles. The van der Waals surface area contributed by atoms with Gasteiger partial charge in [-0.05, 0) is 42.4 Å². The maximum absolute atomic E-state index is 13.1. The van der Waals surface area contributed by atoms with E-state index in [1.165, 1.54) is 16.7 Å². The molecule has 10 heteroatoms. The smallest absolute Gasteiger partial charge is 0.336 e. The fraction of sp³-hybridized carbons (Fsp3) is 0.368. The molecule has 0 N–H and O–H groups in total. The zero-order chi connectivity index (χ0) is 21.2. The first-order valence-corrected chi connectivity index (χ1v) is 14.7. The number of rotatable bonds is 8. The maximum Gasteiger partial charge on any atom is 0.336 e. The van der Waals surface area contributed by atoms with Gasteiger partial charge in [0.15, 0.2) is 5.65 Å². The highest BCUT2D eigenvalue weighted by Crippen LogP contribution is 2.20. The van der Waals surface area contributed by atoms with E-state index in [-0.39, 0.29) is 18.2 Å². The number of fused-ring (bicyclic) bond motifs is 1. The van der Waals surface area contributed by atoms with Gasteiger partial charge in [-0.1, -0.05) is 19.6 Å². The summed E-state index contributed by atoms with van der Waals surface area (Å²) in [4.78, 5) is 17.4. The fourth-order valence-corrected chi connectivity index (χ4v) is 4.02. The van der Waals surface area contributed by atoms with E-state index < -0.39 is 18.2 Å². The van der Waals surface area contributed by atoms with Crippen molar-refractivity contribution in [1.29, 1.82) is 0 Å². The second kappa shape index (κ2) is 8.13. The summed E-state index contributed by atoms with van der Waals surface area (Å²) in [5, 5.41) is 0. The van der Waals surface area contributed by atoms with Crippen molar-refractivity contribution in [3.8, 4) is 11.4 Å². The van der Waals surface area contributed by atoms with E-state index in [4.69, 9.17) is 8.92 Å². The molecular weight excluding hydrogens is 410 g/mol. The number of nitrogens with zero attached hydrogens (tertiary/aromatic N) is 3. The van der Waals surface area contributed by atoms with Crippen molar-refractivity contribution in [2.24, 2.45) is 0 Å². The van der Waals surface area contributed by atoms with Crippen molar-refractivity contribution in [2.75, 3.05) is 12.9 Å². The van der Waals surface area contributed by atoms with Gasteiger partial charge >= 0.3 is 15.8 Å². The molecule has 3 rings (SSSR count). The molecule has 0 spiro atoms. The summed E-state index contributed by atoms with van der Waals surface area (Å²) < 4.78 is 36.2. The van der Waals surface area contributed by atoms with Crippen LogP contribution in [0.5, 0.6) is 5.75 Å². The van der Waals surface area contributed by atoms with Gasteiger partial charge in [0.25, 0.3) is 0 Å². The lowest BCUT2D eigenvalue weighted by Gasteiger charge is -2.15. The SMILES string of the molecule is C[Si](C)(C)CCOCn1c(=O)n(-c2ccc(OS(C)(=O)=O)cc2)c2ncccc21. The van der Waals surface area contributed by atoms with Crippen molar-refractivity contribution in [2.45, 2.75) is 32.4 Å². The second-order valence-electron chi connectivity index (χ2n) is 8.02. The monoisotopic (exact) mass is 435 g/mol. The number of aromatic nitrogens is 3. The molecule has 1 aromatic carbocycles. The van der Waals surface area contributed by atoms with Crippen LogP contribution in [0.2, 0.25) is 25.7 Å². The van der Waals surface area contributed by atoms with E-state index in [2.05, 4.69) is 24.6 Å². The van der Waals surface area contributed by atoms with Crippen LogP contribution in [0.25, 0.3) is 16.9 Å². The van der Waals surface area contributed by atoms with Crippen molar-refractivity contribution in [3.05, 3.63) is 53.1 Å². The van der Waals surface area contributed by atoms with Gasteiger partial charge in [0.05, 0.1) is 17.5 Å². The Balaban J connectivity index is 1.93. The van der Waals surface area contributed by atoms with Crippen LogP contribution in [0.4, 0.5) is 0 Å². The van der Waals surface area contributed by atoms with Gasteiger partial charge in [0, 0.05) is 20.9 Å². The molecule has 0 radical (unpaired) electrons. The third kappa shape index (κ3) is 5.34. The number of hydrogen-bond donors (Lipinski definition) is 0. The van der Waals surface area contributed by atoms with Crippen molar-refractivity contribution >= 4 is 29.4 Å². The average Bonchev–Trinajstić information content (AvgIpc) is 2.89. The Hall–Kier alpha value is -2.43. The molecule has 0 bridgehead atoms. The van der Waals surface area contributed by atoms with Crippen molar-refractivity contribution in [1.82, 2.24) is 14.1 Å². The molecule has 29 heavy (non-hydrogen) atoms. The summed E-state index contributed by atoms with van der Waals surface area (Å²) in [6, 6.07) is 10.8. The van der Waals surface area contributed by atoms with Gasteiger partial charge in [0.1, 0.15) is 12.5 Å². The molecule has 0 aliphatic carbocycles. The Kier molecular flexibility index (Phi) is 5.97. The highest BCUT2D eigenvalue weighted by Gasteiger charge is 2.17. The Morgan fingerprint density at radius 3 is 2.41 bits per heavy atom. The lowest BCUT2D eigenvalue weighted by Crippen LogP contribution is -2.26. The Morgan fingerprint density at radius 2 is 1.79 bits per heavy atom. The molecule has 0 fully saturated rings. The minimum atomic E-state index is -3.62. The first kappa shape index (κ1) is 21.3. The predicted octanol–water partition coefficient (Wildman–Crippen LogP) is 2.84. The predicted molar refractivity (Wildman–Crippen MR) is 115 cm³/mol. The van der Waals surface area contributed by atoms with E-state index in [1.807, 2.05) is 6.07 Å². The molecule has 0 aliphatic rings. The maximum atomic E-state index is 13.1. The average molecular weight is 436 g/mol. The molecule has 8 nitrogen and oxygen atoms in total. The standard InChI is InChI=1S/C19H25N3O5SSi/c1-28(24,25)27-16-9-7-15(8-10-16)22-18-17(6-5-11-20-18)21(19(22)23)14-26-12-13-29(2,3)4/h5-11H,12-14H2,1-4H3. The highest BCUT2D eigenvalue weighted by molar-refractivity contribution is 7.86. The fourth-order valence-electron chi connectivity index (χ4n) is 2.80. The van der Waals surface area contributed by atoms with Crippen LogP contribution in [-0.2, 0) is 21.6 Å². The van der Waals surface area contributed by atoms with Gasteiger partial charge in [-0.15, -0.1) is 0 Å². The molecule has 0 amide bonds. The summed E-state index contributed by atoms with van der Waals surface area (Å²) in [6.45, 7) is 7.57. The molecule has 0 unspecified atom stereocenters. The van der Waals surface area contributed by atoms with Gasteiger partial charge in [-0.2, -0.15) is 8.42 Å². The van der Waals surface area contributed by atoms with Crippen LogP contribution in [0.3, 0.4) is 0 Å². The molecule has 0 aliphatic heterocycles. The molecule has 2 aromatic heterocycles. The highest BCUT2D eigenvalue weighted by atomic mass is 32.2. The van der Waals surface area contributed by atoms with Crippen LogP contribution < -0.4 is 9.87 Å². The van der Waals surface area contributed by atoms with E-state index in [9.17, 15) is 13.2 Å². The molecular formula is C19H25N3O5SSi. The van der Waals surface area contributed by atoms with Crippen molar-refractivity contribution < 1.29 is 17.3 Å². The van der Waals surface area contributed by atoms with Crippen LogP contribution in [0, 0.1) is 0 Å². The zero-order valence-corrected chi connectivity index (χ0v) is 18.8. The largest absolute Gasteiger partial charge is 0.383 e. The molecule has 0 saturated heterocycles. The minimum Gasteiger partial charge on any atom is -0.383 e. The third-order valence-electron chi connectivity index (χ3n) is 4.25. The zero-order valence-electron chi connectivity index (χ0n) is 17.0. The minimum absolute atomic E-state index is 0.147. The third-order valence-corrected chi connectivity index (χ3v) is 6.45. The van der Waals surface area contributed by atoms with E-state index in [0.29, 0.717) is 23.5 Å². The molecule has 3 aromatic rings. The van der Waals surface area contributed by atoms with Gasteiger partial charge in [0.2, 0.25) is 0 Å². The number of pyridine rings is 1. The summed E-state index contributed by atoms with van der Waals surface area (Å²) in [5.41, 5.74) is 1.45. The Bertz CT molecular complexity index is 1160. The van der Waals surface area contributed by atoms with Crippen LogP contribution >= 0.6 is 0 Å². The van der Waals surface area contributed by atoms with Crippen LogP contribution in [0.1, 0.15) is 0 Å². The van der Waals surface area contributed by atoms with E-state index in [1.54, 1.807) is 29.0 Å². The van der Waals surface area contributed by atoms with E-state index >= 15 is 0 Å². The lowest BCUT2D eigenvalue weighted by molar-refractivity contribution is 0.0875.